The fourth-order valence-corrected chi connectivity index (χ4v) is 5.04. The third kappa shape index (κ3) is 2.60. The number of nitrogens with one attached hydrogen (secondary N) is 1. The Kier molecular flexibility index (Phi) is 4.74. The van der Waals surface area contributed by atoms with E-state index < -0.39 is 10.0 Å². The maximum Gasteiger partial charge on any atom is 0.243 e. The van der Waals surface area contributed by atoms with Crippen molar-refractivity contribution in [2.24, 2.45) is 11.8 Å². The summed E-state index contributed by atoms with van der Waals surface area (Å²) >= 11 is 0. The zero-order valence-electron chi connectivity index (χ0n) is 11.6. The second-order valence-corrected chi connectivity index (χ2v) is 7.37. The zero-order chi connectivity index (χ0) is 13.5. The minimum Gasteiger partial charge on any atom is -0.316 e. The third-order valence-electron chi connectivity index (χ3n) is 4.33. The van der Waals surface area contributed by atoms with Gasteiger partial charge in [0.05, 0.1) is 4.90 Å². The van der Waals surface area contributed by atoms with Crippen LogP contribution in [0.1, 0.15) is 12.5 Å². The van der Waals surface area contributed by atoms with Crippen molar-refractivity contribution in [2.45, 2.75) is 18.2 Å². The van der Waals surface area contributed by atoms with Crippen molar-refractivity contribution in [1.29, 1.82) is 0 Å². The summed E-state index contributed by atoms with van der Waals surface area (Å²) in [4.78, 5) is 0.491. The Morgan fingerprint density at radius 1 is 1.20 bits per heavy atom. The van der Waals surface area contributed by atoms with Crippen LogP contribution in [0.25, 0.3) is 0 Å². The highest BCUT2D eigenvalue weighted by Crippen LogP contribution is 2.31. The van der Waals surface area contributed by atoms with Crippen molar-refractivity contribution in [2.75, 3.05) is 26.2 Å². The Morgan fingerprint density at radius 3 is 2.40 bits per heavy atom. The van der Waals surface area contributed by atoms with E-state index in [1.165, 1.54) is 0 Å². The van der Waals surface area contributed by atoms with Gasteiger partial charge < -0.3 is 5.32 Å². The standard InChI is InChI=1S/C14H20N2O2S.ClH/c1-2-11-5-3-4-6-14(11)19(17,18)16-9-12-7-15-8-13(12)10-16;/h3-6,12-13,15H,2,7-10H2,1H3;1H/t12-,13+;. The molecular weight excluding hydrogens is 296 g/mol. The van der Waals surface area contributed by atoms with Crippen LogP contribution in [0.15, 0.2) is 29.2 Å². The summed E-state index contributed by atoms with van der Waals surface area (Å²) in [6, 6.07) is 7.36. The number of aryl methyl sites for hydroxylation is 1. The Hall–Kier alpha value is -0.620. The highest BCUT2D eigenvalue weighted by atomic mass is 35.5. The molecule has 0 aromatic heterocycles. The fraction of sp³-hybridized carbons (Fsp3) is 0.571. The van der Waals surface area contributed by atoms with E-state index >= 15 is 0 Å². The van der Waals surface area contributed by atoms with Crippen molar-refractivity contribution in [3.63, 3.8) is 0 Å². The van der Waals surface area contributed by atoms with Gasteiger partial charge in [0, 0.05) is 13.1 Å². The summed E-state index contributed by atoms with van der Waals surface area (Å²) in [5.41, 5.74) is 0.915. The lowest BCUT2D eigenvalue weighted by Crippen LogP contribution is -2.32. The van der Waals surface area contributed by atoms with E-state index in [0.717, 1.165) is 25.1 Å². The monoisotopic (exact) mass is 316 g/mol. The molecule has 2 aliphatic rings. The van der Waals surface area contributed by atoms with E-state index in [1.54, 1.807) is 10.4 Å². The van der Waals surface area contributed by atoms with Gasteiger partial charge in [-0.1, -0.05) is 25.1 Å². The molecule has 2 fully saturated rings. The van der Waals surface area contributed by atoms with Crippen molar-refractivity contribution in [1.82, 2.24) is 9.62 Å². The van der Waals surface area contributed by atoms with E-state index in [4.69, 9.17) is 0 Å². The van der Waals surface area contributed by atoms with E-state index in [1.807, 2.05) is 25.1 Å². The van der Waals surface area contributed by atoms with Crippen LogP contribution in [0.4, 0.5) is 0 Å². The van der Waals surface area contributed by atoms with E-state index in [0.29, 0.717) is 29.8 Å². The Bertz CT molecular complexity index is 564. The van der Waals surface area contributed by atoms with Gasteiger partial charge in [0.2, 0.25) is 10.0 Å². The SMILES string of the molecule is CCc1ccccc1S(=O)(=O)N1C[C@H]2CNC[C@H]2C1.Cl. The Balaban J connectivity index is 0.00000147. The maximum atomic E-state index is 12.8. The number of nitrogens with zero attached hydrogens (tertiary/aromatic N) is 1. The van der Waals surface area contributed by atoms with E-state index in [-0.39, 0.29) is 12.4 Å². The van der Waals surface area contributed by atoms with Crippen LogP contribution in [0.3, 0.4) is 0 Å². The number of hydrogen-bond donors (Lipinski definition) is 1. The number of benzene rings is 1. The first kappa shape index (κ1) is 15.8. The van der Waals surface area contributed by atoms with Gasteiger partial charge in [-0.25, -0.2) is 8.42 Å². The molecule has 4 nitrogen and oxygen atoms in total. The second kappa shape index (κ2) is 6.02. The number of fused-ring (bicyclic) bond motifs is 1. The molecule has 3 rings (SSSR count). The van der Waals surface area contributed by atoms with E-state index in [9.17, 15) is 8.42 Å². The summed E-state index contributed by atoms with van der Waals surface area (Å²) in [5, 5.41) is 3.34. The lowest BCUT2D eigenvalue weighted by atomic mass is 10.0. The first-order chi connectivity index (χ1) is 9.13. The third-order valence-corrected chi connectivity index (χ3v) is 6.26. The summed E-state index contributed by atoms with van der Waals surface area (Å²) in [6.07, 6.45) is 0.748. The van der Waals surface area contributed by atoms with E-state index in [2.05, 4.69) is 5.32 Å². The normalized spacial score (nSPS) is 26.2. The number of hydrogen-bond acceptors (Lipinski definition) is 3. The quantitative estimate of drug-likeness (QED) is 0.919. The molecule has 1 aromatic rings. The molecule has 1 N–H and O–H groups in total. The van der Waals surface area contributed by atoms with Gasteiger partial charge in [-0.15, -0.1) is 12.4 Å². The topological polar surface area (TPSA) is 49.4 Å². The molecule has 0 bridgehead atoms. The molecule has 2 heterocycles. The summed E-state index contributed by atoms with van der Waals surface area (Å²) in [5.74, 6) is 0.979. The van der Waals surface area contributed by atoms with Crippen LogP contribution in [-0.4, -0.2) is 38.9 Å². The smallest absolute Gasteiger partial charge is 0.243 e. The van der Waals surface area contributed by atoms with Crippen LogP contribution in [-0.2, 0) is 16.4 Å². The van der Waals surface area contributed by atoms with Crippen molar-refractivity contribution in [3.05, 3.63) is 29.8 Å². The van der Waals surface area contributed by atoms with Crippen LogP contribution in [0.2, 0.25) is 0 Å². The minimum absolute atomic E-state index is 0. The highest BCUT2D eigenvalue weighted by Gasteiger charge is 2.41. The molecule has 6 heteroatoms. The molecular formula is C14H21ClN2O2S. The van der Waals surface area contributed by atoms with Gasteiger partial charge >= 0.3 is 0 Å². The van der Waals surface area contributed by atoms with Crippen molar-refractivity contribution < 1.29 is 8.42 Å². The number of halogens is 1. The van der Waals surface area contributed by atoms with Gasteiger partial charge in [-0.05, 0) is 43.0 Å². The molecule has 20 heavy (non-hydrogen) atoms. The largest absolute Gasteiger partial charge is 0.316 e. The summed E-state index contributed by atoms with van der Waals surface area (Å²) < 4.78 is 27.2. The first-order valence-corrected chi connectivity index (χ1v) is 8.35. The zero-order valence-corrected chi connectivity index (χ0v) is 13.2. The molecule has 112 valence electrons. The van der Waals surface area contributed by atoms with Crippen LogP contribution < -0.4 is 5.32 Å². The molecule has 0 radical (unpaired) electrons. The highest BCUT2D eigenvalue weighted by molar-refractivity contribution is 7.89. The molecule has 0 aliphatic carbocycles. The molecule has 2 atom stereocenters. The molecule has 0 spiro atoms. The average Bonchev–Trinajstić information content (AvgIpc) is 2.99. The maximum absolute atomic E-state index is 12.8. The van der Waals surface area contributed by atoms with Crippen molar-refractivity contribution in [3.8, 4) is 0 Å². The molecule has 1 aromatic carbocycles. The number of rotatable bonds is 3. The fourth-order valence-electron chi connectivity index (χ4n) is 3.20. The van der Waals surface area contributed by atoms with Crippen LogP contribution in [0, 0.1) is 11.8 Å². The first-order valence-electron chi connectivity index (χ1n) is 6.91. The van der Waals surface area contributed by atoms with Crippen LogP contribution >= 0.6 is 12.4 Å². The summed E-state index contributed by atoms with van der Waals surface area (Å²) in [7, 11) is -3.32. The molecule has 0 amide bonds. The van der Waals surface area contributed by atoms with Crippen LogP contribution in [0.5, 0.6) is 0 Å². The van der Waals surface area contributed by atoms with Gasteiger partial charge in [0.15, 0.2) is 0 Å². The predicted octanol–water partition coefficient (Wildman–Crippen LogP) is 1.51. The molecule has 0 saturated carbocycles. The Labute approximate surface area is 127 Å². The lowest BCUT2D eigenvalue weighted by molar-refractivity contribution is 0.447. The average molecular weight is 317 g/mol. The summed E-state index contributed by atoms with van der Waals surface area (Å²) in [6.45, 7) is 5.23. The van der Waals surface area contributed by atoms with Gasteiger partial charge in [0.1, 0.15) is 0 Å². The lowest BCUT2D eigenvalue weighted by Gasteiger charge is -2.19. The van der Waals surface area contributed by atoms with Gasteiger partial charge in [0.25, 0.3) is 0 Å². The predicted molar refractivity (Wildman–Crippen MR) is 81.7 cm³/mol. The Morgan fingerprint density at radius 2 is 1.80 bits per heavy atom. The molecule has 2 aliphatic heterocycles. The van der Waals surface area contributed by atoms with Gasteiger partial charge in [-0.2, -0.15) is 4.31 Å². The molecule has 2 saturated heterocycles. The molecule has 0 unspecified atom stereocenters. The second-order valence-electron chi connectivity index (χ2n) is 5.46. The van der Waals surface area contributed by atoms with Crippen molar-refractivity contribution >= 4 is 22.4 Å². The van der Waals surface area contributed by atoms with Gasteiger partial charge in [-0.3, -0.25) is 0 Å². The number of sulfonamides is 1. The minimum atomic E-state index is -3.32.